The van der Waals surface area contributed by atoms with Gasteiger partial charge in [0.1, 0.15) is 6.10 Å². The number of hydrogen-bond donors (Lipinski definition) is 0. The van der Waals surface area contributed by atoms with Crippen LogP contribution in [-0.2, 0) is 4.74 Å². The van der Waals surface area contributed by atoms with Crippen LogP contribution >= 0.6 is 0 Å². The van der Waals surface area contributed by atoms with Crippen molar-refractivity contribution in [3.63, 3.8) is 0 Å². The van der Waals surface area contributed by atoms with Crippen LogP contribution < -0.4 is 0 Å². The quantitative estimate of drug-likeness (QED) is 0.561. The van der Waals surface area contributed by atoms with E-state index in [4.69, 9.17) is 4.74 Å². The van der Waals surface area contributed by atoms with Crippen molar-refractivity contribution in [2.24, 2.45) is 5.92 Å². The first-order chi connectivity index (χ1) is 5.09. The molecule has 0 aliphatic carbocycles. The molecule has 0 N–H and O–H groups in total. The van der Waals surface area contributed by atoms with Crippen molar-refractivity contribution >= 4 is 0 Å². The van der Waals surface area contributed by atoms with E-state index < -0.39 is 0 Å². The first-order valence-electron chi connectivity index (χ1n) is 4.16. The van der Waals surface area contributed by atoms with Gasteiger partial charge in [0.15, 0.2) is 0 Å². The fraction of sp³-hybridized carbons (Fsp3) is 0.600. The zero-order chi connectivity index (χ0) is 8.43. The molecule has 1 heterocycles. The Labute approximate surface area is 68.8 Å². The van der Waals surface area contributed by atoms with E-state index in [-0.39, 0.29) is 6.10 Å². The highest BCUT2D eigenvalue weighted by Gasteiger charge is 2.15. The lowest BCUT2D eigenvalue weighted by Crippen LogP contribution is -2.02. The molecule has 1 rings (SSSR count). The summed E-state index contributed by atoms with van der Waals surface area (Å²) < 4.78 is 5.47. The summed E-state index contributed by atoms with van der Waals surface area (Å²) in [6.45, 7) is 8.45. The molecular formula is C10H16O. The smallest absolute Gasteiger partial charge is 0.120 e. The van der Waals surface area contributed by atoms with Gasteiger partial charge in [-0.3, -0.25) is 0 Å². The Morgan fingerprint density at radius 2 is 2.18 bits per heavy atom. The maximum Gasteiger partial charge on any atom is 0.120 e. The summed E-state index contributed by atoms with van der Waals surface area (Å²) in [5.74, 6) is 1.64. The molecule has 0 amide bonds. The number of ether oxygens (including phenoxy) is 1. The molecule has 0 radical (unpaired) electrons. The van der Waals surface area contributed by atoms with Crippen LogP contribution in [0.3, 0.4) is 0 Å². The van der Waals surface area contributed by atoms with Crippen LogP contribution in [0, 0.1) is 5.92 Å². The van der Waals surface area contributed by atoms with Crippen LogP contribution in [0.5, 0.6) is 0 Å². The molecule has 0 aromatic carbocycles. The largest absolute Gasteiger partial charge is 0.491 e. The Balaban J connectivity index is 2.73. The van der Waals surface area contributed by atoms with Crippen LogP contribution in [0.25, 0.3) is 0 Å². The summed E-state index contributed by atoms with van der Waals surface area (Å²) >= 11 is 0. The van der Waals surface area contributed by atoms with Crippen LogP contribution in [0.2, 0.25) is 0 Å². The summed E-state index contributed by atoms with van der Waals surface area (Å²) in [5, 5.41) is 0. The first-order valence-corrected chi connectivity index (χ1v) is 4.16. The highest BCUT2D eigenvalue weighted by molar-refractivity contribution is 5.29. The van der Waals surface area contributed by atoms with Gasteiger partial charge in [-0.25, -0.2) is 0 Å². The second kappa shape index (κ2) is 3.12. The Hall–Kier alpha value is -0.720. The average molecular weight is 152 g/mol. The normalized spacial score (nSPS) is 27.5. The van der Waals surface area contributed by atoms with E-state index in [2.05, 4.69) is 32.9 Å². The van der Waals surface area contributed by atoms with Gasteiger partial charge in [0, 0.05) is 0 Å². The van der Waals surface area contributed by atoms with Crippen molar-refractivity contribution < 1.29 is 4.74 Å². The molecule has 11 heavy (non-hydrogen) atoms. The lowest BCUT2D eigenvalue weighted by atomic mass is 10.1. The Morgan fingerprint density at radius 3 is 2.55 bits per heavy atom. The molecule has 0 fully saturated rings. The Bertz CT molecular complexity index is 199. The lowest BCUT2D eigenvalue weighted by Gasteiger charge is -2.07. The van der Waals surface area contributed by atoms with E-state index in [1.807, 2.05) is 6.92 Å². The minimum absolute atomic E-state index is 0.261. The van der Waals surface area contributed by atoms with Gasteiger partial charge in [-0.15, -0.1) is 0 Å². The molecule has 1 aliphatic heterocycles. The standard InChI is InChI=1S/C10H16O/c1-7(2)5-10-6-8(3)11-9(10)4/h5-7,9H,1-4H3. The number of rotatable bonds is 1. The fourth-order valence-corrected chi connectivity index (χ4v) is 1.30. The summed E-state index contributed by atoms with van der Waals surface area (Å²) in [6, 6.07) is 0. The second-order valence-electron chi connectivity index (χ2n) is 3.43. The summed E-state index contributed by atoms with van der Waals surface area (Å²) in [5.41, 5.74) is 1.32. The van der Waals surface area contributed by atoms with Crippen LogP contribution in [0.1, 0.15) is 27.7 Å². The molecule has 0 saturated carbocycles. The van der Waals surface area contributed by atoms with Gasteiger partial charge in [0.2, 0.25) is 0 Å². The van der Waals surface area contributed by atoms with Gasteiger partial charge in [-0.05, 0) is 31.4 Å². The van der Waals surface area contributed by atoms with Crippen LogP contribution in [-0.4, -0.2) is 6.10 Å². The molecule has 62 valence electrons. The zero-order valence-electron chi connectivity index (χ0n) is 7.72. The minimum Gasteiger partial charge on any atom is -0.491 e. The Morgan fingerprint density at radius 1 is 1.55 bits per heavy atom. The molecular weight excluding hydrogens is 136 g/mol. The van der Waals surface area contributed by atoms with Gasteiger partial charge in [-0.1, -0.05) is 19.9 Å². The molecule has 1 unspecified atom stereocenters. The second-order valence-corrected chi connectivity index (χ2v) is 3.43. The third-order valence-electron chi connectivity index (χ3n) is 1.73. The van der Waals surface area contributed by atoms with Crippen LogP contribution in [0.4, 0.5) is 0 Å². The highest BCUT2D eigenvalue weighted by Crippen LogP contribution is 2.22. The average Bonchev–Trinajstić information content (AvgIpc) is 2.09. The molecule has 0 spiro atoms. The van der Waals surface area contributed by atoms with E-state index in [9.17, 15) is 0 Å². The maximum absolute atomic E-state index is 5.47. The topological polar surface area (TPSA) is 9.23 Å². The van der Waals surface area contributed by atoms with Crippen molar-refractivity contribution in [3.05, 3.63) is 23.5 Å². The molecule has 1 nitrogen and oxygen atoms in total. The molecule has 1 atom stereocenters. The van der Waals surface area contributed by atoms with E-state index in [1.54, 1.807) is 0 Å². The predicted molar refractivity (Wildman–Crippen MR) is 47.2 cm³/mol. The van der Waals surface area contributed by atoms with Crippen LogP contribution in [0.15, 0.2) is 23.5 Å². The fourth-order valence-electron chi connectivity index (χ4n) is 1.30. The van der Waals surface area contributed by atoms with Gasteiger partial charge in [0.05, 0.1) is 5.76 Å². The van der Waals surface area contributed by atoms with Gasteiger partial charge >= 0.3 is 0 Å². The zero-order valence-corrected chi connectivity index (χ0v) is 7.72. The number of hydrogen-bond acceptors (Lipinski definition) is 1. The Kier molecular flexibility index (Phi) is 2.38. The molecule has 0 bridgehead atoms. The lowest BCUT2D eigenvalue weighted by molar-refractivity contribution is 0.183. The van der Waals surface area contributed by atoms with E-state index in [0.29, 0.717) is 5.92 Å². The van der Waals surface area contributed by atoms with Crippen molar-refractivity contribution in [3.8, 4) is 0 Å². The van der Waals surface area contributed by atoms with Gasteiger partial charge < -0.3 is 4.74 Å². The van der Waals surface area contributed by atoms with E-state index >= 15 is 0 Å². The van der Waals surface area contributed by atoms with Crippen molar-refractivity contribution in [1.82, 2.24) is 0 Å². The van der Waals surface area contributed by atoms with Crippen molar-refractivity contribution in [2.75, 3.05) is 0 Å². The minimum atomic E-state index is 0.261. The molecule has 0 saturated heterocycles. The molecule has 1 aliphatic rings. The SMILES string of the molecule is CC1=CC(=CC(C)C)C(C)O1. The molecule has 0 aromatic rings. The highest BCUT2D eigenvalue weighted by atomic mass is 16.5. The monoisotopic (exact) mass is 152 g/mol. The van der Waals surface area contributed by atoms with Crippen molar-refractivity contribution in [2.45, 2.75) is 33.8 Å². The third kappa shape index (κ3) is 2.11. The molecule has 1 heteroatoms. The summed E-state index contributed by atoms with van der Waals surface area (Å²) in [6.07, 6.45) is 4.63. The van der Waals surface area contributed by atoms with E-state index in [0.717, 1.165) is 5.76 Å². The predicted octanol–water partition coefficient (Wildman–Crippen LogP) is 2.89. The third-order valence-corrected chi connectivity index (χ3v) is 1.73. The first kappa shape index (κ1) is 8.38. The summed E-state index contributed by atoms with van der Waals surface area (Å²) in [7, 11) is 0. The maximum atomic E-state index is 5.47. The van der Waals surface area contributed by atoms with Gasteiger partial charge in [-0.2, -0.15) is 0 Å². The summed E-state index contributed by atoms with van der Waals surface area (Å²) in [4.78, 5) is 0. The van der Waals surface area contributed by atoms with E-state index in [1.165, 1.54) is 5.57 Å². The van der Waals surface area contributed by atoms with Crippen molar-refractivity contribution in [1.29, 1.82) is 0 Å². The van der Waals surface area contributed by atoms with Gasteiger partial charge in [0.25, 0.3) is 0 Å². The number of allylic oxidation sites excluding steroid dienone is 2. The molecule has 0 aromatic heterocycles.